The first-order valence-corrected chi connectivity index (χ1v) is 7.42. The molecule has 1 fully saturated rings. The number of thioether (sulfide) groups is 1. The number of hydrogen-bond donors (Lipinski definition) is 0. The van der Waals surface area contributed by atoms with Crippen LogP contribution in [0.1, 0.15) is 22.3 Å². The quantitative estimate of drug-likeness (QED) is 0.794. The summed E-state index contributed by atoms with van der Waals surface area (Å²) in [5.74, 6) is 1.43. The van der Waals surface area contributed by atoms with Crippen LogP contribution in [0.15, 0.2) is 18.2 Å². The summed E-state index contributed by atoms with van der Waals surface area (Å²) in [5, 5.41) is 0. The zero-order valence-corrected chi connectivity index (χ0v) is 12.0. The molecule has 0 amide bonds. The number of hydrogen-bond acceptors (Lipinski definition) is 4. The highest BCUT2D eigenvalue weighted by molar-refractivity contribution is 7.99. The molecule has 19 heavy (non-hydrogen) atoms. The van der Waals surface area contributed by atoms with Crippen LogP contribution in [-0.2, 0) is 11.3 Å². The van der Waals surface area contributed by atoms with E-state index >= 15 is 0 Å². The molecule has 5 heteroatoms. The number of esters is 1. The van der Waals surface area contributed by atoms with Gasteiger partial charge in [-0.05, 0) is 31.4 Å². The van der Waals surface area contributed by atoms with E-state index in [0.29, 0.717) is 18.2 Å². The molecular weight excluding hydrogens is 265 g/mol. The summed E-state index contributed by atoms with van der Waals surface area (Å²) < 4.78 is 18.5. The van der Waals surface area contributed by atoms with E-state index in [1.807, 2.05) is 18.8 Å². The molecule has 0 N–H and O–H groups in total. The molecule has 1 atom stereocenters. The van der Waals surface area contributed by atoms with E-state index in [1.54, 1.807) is 12.1 Å². The van der Waals surface area contributed by atoms with Gasteiger partial charge in [-0.25, -0.2) is 9.18 Å². The SMILES string of the molecule is COC(=O)c1ccc(CN(C)C2CCSC2)c(F)c1. The van der Waals surface area contributed by atoms with E-state index in [9.17, 15) is 9.18 Å². The molecule has 1 aliphatic heterocycles. The van der Waals surface area contributed by atoms with Crippen molar-refractivity contribution in [3.63, 3.8) is 0 Å². The van der Waals surface area contributed by atoms with Crippen molar-refractivity contribution in [3.8, 4) is 0 Å². The number of carbonyl (C=O) groups is 1. The van der Waals surface area contributed by atoms with Crippen molar-refractivity contribution in [1.29, 1.82) is 0 Å². The van der Waals surface area contributed by atoms with E-state index in [0.717, 1.165) is 12.2 Å². The topological polar surface area (TPSA) is 29.5 Å². The Hall–Kier alpha value is -1.07. The van der Waals surface area contributed by atoms with Gasteiger partial charge < -0.3 is 4.74 Å². The van der Waals surface area contributed by atoms with Crippen LogP contribution in [0.2, 0.25) is 0 Å². The summed E-state index contributed by atoms with van der Waals surface area (Å²) in [4.78, 5) is 13.5. The number of nitrogens with zero attached hydrogens (tertiary/aromatic N) is 1. The Morgan fingerprint density at radius 1 is 1.58 bits per heavy atom. The molecule has 0 saturated carbocycles. The molecule has 104 valence electrons. The molecule has 1 aliphatic rings. The number of ether oxygens (including phenoxy) is 1. The van der Waals surface area contributed by atoms with Crippen molar-refractivity contribution in [2.24, 2.45) is 0 Å². The van der Waals surface area contributed by atoms with Gasteiger partial charge in [-0.1, -0.05) is 6.07 Å². The third kappa shape index (κ3) is 3.48. The first kappa shape index (κ1) is 14.3. The number of halogens is 1. The van der Waals surface area contributed by atoms with Gasteiger partial charge in [0.15, 0.2) is 0 Å². The highest BCUT2D eigenvalue weighted by Crippen LogP contribution is 2.23. The molecule has 0 aromatic heterocycles. The first-order chi connectivity index (χ1) is 9.11. The maximum absolute atomic E-state index is 14.0. The Bertz CT molecular complexity index is 461. The molecular formula is C14H18FNO2S. The molecule has 1 heterocycles. The van der Waals surface area contributed by atoms with Gasteiger partial charge in [0, 0.05) is 23.9 Å². The standard InChI is InChI=1S/C14H18FNO2S/c1-16(12-5-6-19-9-12)8-11-4-3-10(7-13(11)15)14(17)18-2/h3-4,7,12H,5-6,8-9H2,1-2H3. The summed E-state index contributed by atoms with van der Waals surface area (Å²) in [6.07, 6.45) is 1.16. The lowest BCUT2D eigenvalue weighted by Gasteiger charge is -2.23. The third-order valence-electron chi connectivity index (χ3n) is 3.42. The van der Waals surface area contributed by atoms with Crippen LogP contribution in [0.25, 0.3) is 0 Å². The van der Waals surface area contributed by atoms with Gasteiger partial charge in [0.2, 0.25) is 0 Å². The van der Waals surface area contributed by atoms with E-state index in [1.165, 1.54) is 18.9 Å². The normalized spacial score (nSPS) is 18.8. The average molecular weight is 283 g/mol. The van der Waals surface area contributed by atoms with Gasteiger partial charge in [-0.3, -0.25) is 4.90 Å². The summed E-state index contributed by atoms with van der Waals surface area (Å²) in [6.45, 7) is 0.568. The zero-order valence-electron chi connectivity index (χ0n) is 11.2. The Labute approximate surface area is 117 Å². The second-order valence-corrected chi connectivity index (χ2v) is 5.88. The summed E-state index contributed by atoms with van der Waals surface area (Å²) in [6, 6.07) is 5.05. The van der Waals surface area contributed by atoms with Crippen LogP contribution in [0.3, 0.4) is 0 Å². The predicted octanol–water partition coefficient (Wildman–Crippen LogP) is 2.55. The molecule has 1 saturated heterocycles. The van der Waals surface area contributed by atoms with Gasteiger partial charge >= 0.3 is 5.97 Å². The molecule has 1 aromatic carbocycles. The van der Waals surface area contributed by atoms with Gasteiger partial charge in [0.25, 0.3) is 0 Å². The van der Waals surface area contributed by atoms with Crippen LogP contribution >= 0.6 is 11.8 Å². The van der Waals surface area contributed by atoms with Crippen LogP contribution in [0, 0.1) is 5.82 Å². The summed E-state index contributed by atoms with van der Waals surface area (Å²) >= 11 is 1.94. The fraction of sp³-hybridized carbons (Fsp3) is 0.500. The monoisotopic (exact) mass is 283 g/mol. The number of benzene rings is 1. The van der Waals surface area contributed by atoms with E-state index in [-0.39, 0.29) is 11.4 Å². The second kappa shape index (κ2) is 6.39. The Kier molecular flexibility index (Phi) is 4.82. The molecule has 3 nitrogen and oxygen atoms in total. The zero-order chi connectivity index (χ0) is 13.8. The van der Waals surface area contributed by atoms with Crippen molar-refractivity contribution < 1.29 is 13.9 Å². The van der Waals surface area contributed by atoms with Gasteiger partial charge in [-0.2, -0.15) is 11.8 Å². The van der Waals surface area contributed by atoms with Crippen LogP contribution in [0.4, 0.5) is 4.39 Å². The molecule has 0 radical (unpaired) electrons. The summed E-state index contributed by atoms with van der Waals surface area (Å²) in [5.41, 5.74) is 0.870. The van der Waals surface area contributed by atoms with Gasteiger partial charge in [0.05, 0.1) is 12.7 Å². The smallest absolute Gasteiger partial charge is 0.337 e. The molecule has 0 spiro atoms. The molecule has 1 unspecified atom stereocenters. The maximum atomic E-state index is 14.0. The Morgan fingerprint density at radius 3 is 2.95 bits per heavy atom. The minimum atomic E-state index is -0.508. The molecule has 0 bridgehead atoms. The predicted molar refractivity (Wildman–Crippen MR) is 74.9 cm³/mol. The van der Waals surface area contributed by atoms with Crippen molar-refractivity contribution in [2.45, 2.75) is 19.0 Å². The van der Waals surface area contributed by atoms with E-state index in [4.69, 9.17) is 0 Å². The van der Waals surface area contributed by atoms with E-state index in [2.05, 4.69) is 9.64 Å². The van der Waals surface area contributed by atoms with Crippen LogP contribution in [-0.4, -0.2) is 42.6 Å². The van der Waals surface area contributed by atoms with Gasteiger partial charge in [0.1, 0.15) is 5.82 Å². The van der Waals surface area contributed by atoms with Crippen LogP contribution in [0.5, 0.6) is 0 Å². The lowest BCUT2D eigenvalue weighted by Crippen LogP contribution is -2.31. The van der Waals surface area contributed by atoms with Crippen molar-refractivity contribution in [1.82, 2.24) is 4.90 Å². The molecule has 1 aromatic rings. The summed E-state index contributed by atoms with van der Waals surface area (Å²) in [7, 11) is 3.31. The Morgan fingerprint density at radius 2 is 2.37 bits per heavy atom. The number of methoxy groups -OCH3 is 1. The highest BCUT2D eigenvalue weighted by atomic mass is 32.2. The number of rotatable bonds is 4. The highest BCUT2D eigenvalue weighted by Gasteiger charge is 2.21. The minimum absolute atomic E-state index is 0.253. The average Bonchev–Trinajstić information content (AvgIpc) is 2.94. The fourth-order valence-electron chi connectivity index (χ4n) is 2.19. The van der Waals surface area contributed by atoms with Crippen molar-refractivity contribution in [2.75, 3.05) is 25.7 Å². The largest absolute Gasteiger partial charge is 0.465 e. The lowest BCUT2D eigenvalue weighted by atomic mass is 10.1. The first-order valence-electron chi connectivity index (χ1n) is 6.26. The van der Waals surface area contributed by atoms with Gasteiger partial charge in [-0.15, -0.1) is 0 Å². The van der Waals surface area contributed by atoms with Crippen molar-refractivity contribution in [3.05, 3.63) is 35.1 Å². The minimum Gasteiger partial charge on any atom is -0.465 e. The second-order valence-electron chi connectivity index (χ2n) is 4.73. The molecule has 2 rings (SSSR count). The Balaban J connectivity index is 2.06. The molecule has 0 aliphatic carbocycles. The van der Waals surface area contributed by atoms with Crippen LogP contribution < -0.4 is 0 Å². The maximum Gasteiger partial charge on any atom is 0.337 e. The third-order valence-corrected chi connectivity index (χ3v) is 4.57. The van der Waals surface area contributed by atoms with E-state index < -0.39 is 5.97 Å². The number of carbonyl (C=O) groups excluding carboxylic acids is 1. The fourth-order valence-corrected chi connectivity index (χ4v) is 3.49. The lowest BCUT2D eigenvalue weighted by molar-refractivity contribution is 0.0600. The van der Waals surface area contributed by atoms with Crippen molar-refractivity contribution >= 4 is 17.7 Å².